The first-order valence-corrected chi connectivity index (χ1v) is 12.8. The van der Waals surface area contributed by atoms with E-state index in [0.29, 0.717) is 40.7 Å². The molecule has 8 heteroatoms. The summed E-state index contributed by atoms with van der Waals surface area (Å²) in [5.41, 5.74) is 1.83. The van der Waals surface area contributed by atoms with Crippen molar-refractivity contribution in [2.45, 2.75) is 35.5 Å². The second kappa shape index (κ2) is 10.9. The molecule has 1 N–H and O–H groups in total. The first-order chi connectivity index (χ1) is 16.3. The van der Waals surface area contributed by atoms with E-state index in [9.17, 15) is 14.7 Å². The number of hydrogen-bond donors (Lipinski definition) is 1. The molecule has 0 spiro atoms. The van der Waals surface area contributed by atoms with Gasteiger partial charge >= 0.3 is 5.97 Å². The molecule has 1 unspecified atom stereocenters. The number of hydrogen-bond acceptors (Lipinski definition) is 4. The van der Waals surface area contributed by atoms with E-state index in [1.807, 2.05) is 36.4 Å². The van der Waals surface area contributed by atoms with Crippen LogP contribution in [0.3, 0.4) is 0 Å². The van der Waals surface area contributed by atoms with Gasteiger partial charge in [0.2, 0.25) is 0 Å². The number of piperidine rings is 1. The molecule has 1 amide bonds. The zero-order valence-corrected chi connectivity index (χ0v) is 21.0. The number of carbonyl (C=O) groups is 2. The predicted octanol–water partition coefficient (Wildman–Crippen LogP) is 6.59. The molecule has 0 aliphatic carbocycles. The highest BCUT2D eigenvalue weighted by Gasteiger charge is 2.26. The monoisotopic (exact) mass is 516 g/mol. The Kier molecular flexibility index (Phi) is 7.91. The van der Waals surface area contributed by atoms with Crippen LogP contribution in [0.4, 0.5) is 5.69 Å². The molecular formula is C26H26Cl2N2O3S. The SMILES string of the molecule is C=C(C(=O)N1C=CCCC1)c1ccc(Sc2cccc(N3CCCC(C(=O)O)C3)c2)c(Cl)c1Cl. The van der Waals surface area contributed by atoms with E-state index < -0.39 is 5.97 Å². The number of carboxylic acids is 1. The van der Waals surface area contributed by atoms with Crippen molar-refractivity contribution in [2.24, 2.45) is 5.92 Å². The van der Waals surface area contributed by atoms with Crippen LogP contribution in [-0.4, -0.2) is 41.5 Å². The number of benzene rings is 2. The van der Waals surface area contributed by atoms with Crippen LogP contribution >= 0.6 is 35.0 Å². The molecule has 1 saturated heterocycles. The van der Waals surface area contributed by atoms with Gasteiger partial charge in [-0.25, -0.2) is 0 Å². The van der Waals surface area contributed by atoms with E-state index in [4.69, 9.17) is 23.2 Å². The number of carboxylic acid groups (broad SMARTS) is 1. The summed E-state index contributed by atoms with van der Waals surface area (Å²) in [5, 5.41) is 10.1. The molecule has 2 aliphatic rings. The van der Waals surface area contributed by atoms with Crippen LogP contribution in [-0.2, 0) is 9.59 Å². The topological polar surface area (TPSA) is 60.9 Å². The fourth-order valence-corrected chi connectivity index (χ4v) is 5.76. The van der Waals surface area contributed by atoms with E-state index in [1.165, 1.54) is 11.8 Å². The van der Waals surface area contributed by atoms with Crippen LogP contribution in [0.15, 0.2) is 65.0 Å². The number of anilines is 1. The van der Waals surface area contributed by atoms with Crippen molar-refractivity contribution < 1.29 is 14.7 Å². The van der Waals surface area contributed by atoms with E-state index >= 15 is 0 Å². The molecule has 2 aliphatic heterocycles. The first kappa shape index (κ1) is 24.7. The first-order valence-electron chi connectivity index (χ1n) is 11.3. The molecule has 0 aromatic heterocycles. The Labute approximate surface area is 214 Å². The lowest BCUT2D eigenvalue weighted by molar-refractivity contribution is -0.142. The fourth-order valence-electron chi connectivity index (χ4n) is 4.24. The van der Waals surface area contributed by atoms with Crippen LogP contribution in [0, 0.1) is 5.92 Å². The third kappa shape index (κ3) is 5.45. The zero-order chi connectivity index (χ0) is 24.2. The van der Waals surface area contributed by atoms with Gasteiger partial charge in [-0.1, -0.05) is 59.8 Å². The summed E-state index contributed by atoms with van der Waals surface area (Å²) < 4.78 is 0. The summed E-state index contributed by atoms with van der Waals surface area (Å²) in [4.78, 5) is 29.8. The minimum atomic E-state index is -0.742. The molecule has 0 bridgehead atoms. The van der Waals surface area contributed by atoms with Crippen molar-refractivity contribution in [3.05, 3.63) is 70.9 Å². The van der Waals surface area contributed by atoms with Crippen molar-refractivity contribution in [2.75, 3.05) is 24.5 Å². The molecule has 5 nitrogen and oxygen atoms in total. The van der Waals surface area contributed by atoms with Crippen LogP contribution in [0.1, 0.15) is 31.2 Å². The number of amides is 1. The number of aliphatic carboxylic acids is 1. The van der Waals surface area contributed by atoms with Crippen molar-refractivity contribution in [1.82, 2.24) is 4.90 Å². The van der Waals surface area contributed by atoms with Gasteiger partial charge in [-0.15, -0.1) is 0 Å². The van der Waals surface area contributed by atoms with Crippen LogP contribution in [0.2, 0.25) is 10.0 Å². The van der Waals surface area contributed by atoms with Gasteiger partial charge in [-0.3, -0.25) is 9.59 Å². The quantitative estimate of drug-likeness (QED) is 0.438. The molecule has 2 aromatic rings. The maximum atomic E-state index is 12.8. The predicted molar refractivity (Wildman–Crippen MR) is 139 cm³/mol. The highest BCUT2D eigenvalue weighted by atomic mass is 35.5. The maximum absolute atomic E-state index is 12.8. The van der Waals surface area contributed by atoms with Crippen LogP contribution in [0.5, 0.6) is 0 Å². The van der Waals surface area contributed by atoms with E-state index in [1.54, 1.807) is 17.2 Å². The van der Waals surface area contributed by atoms with Gasteiger partial charge in [-0.05, 0) is 49.9 Å². The molecule has 2 heterocycles. The van der Waals surface area contributed by atoms with Gasteiger partial charge in [0.25, 0.3) is 5.91 Å². The van der Waals surface area contributed by atoms with Gasteiger partial charge in [0.05, 0.1) is 16.0 Å². The van der Waals surface area contributed by atoms with Gasteiger partial charge < -0.3 is 14.9 Å². The molecule has 0 radical (unpaired) electrons. The number of halogens is 2. The fraction of sp³-hybridized carbons (Fsp3) is 0.308. The van der Waals surface area contributed by atoms with Gasteiger partial charge in [0.1, 0.15) is 0 Å². The number of nitrogens with zero attached hydrogens (tertiary/aromatic N) is 2. The molecule has 34 heavy (non-hydrogen) atoms. The standard InChI is InChI=1S/C26H26Cl2N2O3S/c1-17(25(31)29-12-3-2-4-13-29)21-10-11-22(24(28)23(21)27)34-20-9-5-8-19(15-20)30-14-6-7-18(16-30)26(32)33/h3,5,8-12,15,18H,1-2,4,6-7,13-14,16H2,(H,32,33). The number of allylic oxidation sites excluding steroid dienone is 1. The van der Waals surface area contributed by atoms with Crippen LogP contribution < -0.4 is 4.90 Å². The highest BCUT2D eigenvalue weighted by molar-refractivity contribution is 7.99. The lowest BCUT2D eigenvalue weighted by Crippen LogP contribution is -2.38. The summed E-state index contributed by atoms with van der Waals surface area (Å²) in [5.74, 6) is -1.27. The van der Waals surface area contributed by atoms with Crippen molar-refractivity contribution >= 4 is 58.1 Å². The van der Waals surface area contributed by atoms with Crippen molar-refractivity contribution in [1.29, 1.82) is 0 Å². The minimum absolute atomic E-state index is 0.178. The molecule has 4 rings (SSSR count). The summed E-state index contributed by atoms with van der Waals surface area (Å²) in [6, 6.07) is 11.6. The molecule has 178 valence electrons. The molecule has 1 fully saturated rings. The van der Waals surface area contributed by atoms with Crippen molar-refractivity contribution in [3.63, 3.8) is 0 Å². The van der Waals surface area contributed by atoms with E-state index in [0.717, 1.165) is 41.3 Å². The van der Waals surface area contributed by atoms with E-state index in [-0.39, 0.29) is 11.8 Å². The Morgan fingerprint density at radius 3 is 2.65 bits per heavy atom. The summed E-state index contributed by atoms with van der Waals surface area (Å²) in [6.07, 6.45) is 7.23. The lowest BCUT2D eigenvalue weighted by Gasteiger charge is -2.32. The summed E-state index contributed by atoms with van der Waals surface area (Å²) >= 11 is 14.7. The molecule has 2 aromatic carbocycles. The average molecular weight is 517 g/mol. The van der Waals surface area contributed by atoms with Gasteiger partial charge in [0.15, 0.2) is 0 Å². The Bertz CT molecular complexity index is 1150. The smallest absolute Gasteiger partial charge is 0.308 e. The van der Waals surface area contributed by atoms with E-state index in [2.05, 4.69) is 11.5 Å². The van der Waals surface area contributed by atoms with Crippen molar-refractivity contribution in [3.8, 4) is 0 Å². The Balaban J connectivity index is 1.51. The second-order valence-corrected chi connectivity index (χ2v) is 10.3. The Hall–Kier alpha value is -2.41. The van der Waals surface area contributed by atoms with Gasteiger partial charge in [0, 0.05) is 52.4 Å². The number of rotatable bonds is 6. The summed E-state index contributed by atoms with van der Waals surface area (Å²) in [7, 11) is 0. The molecular weight excluding hydrogens is 491 g/mol. The third-order valence-electron chi connectivity index (χ3n) is 6.13. The highest BCUT2D eigenvalue weighted by Crippen LogP contribution is 2.41. The van der Waals surface area contributed by atoms with Gasteiger partial charge in [-0.2, -0.15) is 0 Å². The second-order valence-electron chi connectivity index (χ2n) is 8.47. The number of carbonyl (C=O) groups excluding carboxylic acids is 1. The Morgan fingerprint density at radius 1 is 1.09 bits per heavy atom. The zero-order valence-electron chi connectivity index (χ0n) is 18.7. The van der Waals surface area contributed by atoms with Crippen LogP contribution in [0.25, 0.3) is 5.57 Å². The normalized spacial score (nSPS) is 18.1. The largest absolute Gasteiger partial charge is 0.481 e. The minimum Gasteiger partial charge on any atom is -0.481 e. The Morgan fingerprint density at radius 2 is 1.91 bits per heavy atom. The molecule has 1 atom stereocenters. The summed E-state index contributed by atoms with van der Waals surface area (Å²) in [6.45, 7) is 5.98. The lowest BCUT2D eigenvalue weighted by atomic mass is 9.98. The average Bonchev–Trinajstić information content (AvgIpc) is 2.87. The maximum Gasteiger partial charge on any atom is 0.308 e. The molecule has 0 saturated carbocycles. The third-order valence-corrected chi connectivity index (χ3v) is 8.17.